The molecule has 0 saturated carbocycles. The minimum absolute atomic E-state index is 0. The van der Waals surface area contributed by atoms with Gasteiger partial charge in [0.05, 0.1) is 23.5 Å². The molecule has 0 bridgehead atoms. The maximum Gasteiger partial charge on any atom is 0.387 e. The summed E-state index contributed by atoms with van der Waals surface area (Å²) in [6.07, 6.45) is 3.42. The van der Waals surface area contributed by atoms with Gasteiger partial charge in [-0.2, -0.15) is 8.78 Å². The number of amides is 2. The Labute approximate surface area is 281 Å². The molecule has 2 aromatic heterocycles. The lowest BCUT2D eigenvalue weighted by atomic mass is 10.1. The van der Waals surface area contributed by atoms with Gasteiger partial charge in [-0.05, 0) is 41.3 Å². The van der Waals surface area contributed by atoms with E-state index in [1.54, 1.807) is 50.1 Å². The summed E-state index contributed by atoms with van der Waals surface area (Å²) in [5.74, 6) is -0.185. The fourth-order valence-corrected chi connectivity index (χ4v) is 5.90. The Morgan fingerprint density at radius 2 is 1.83 bits per heavy atom. The first kappa shape index (κ1) is 34.6. The van der Waals surface area contributed by atoms with E-state index >= 15 is 0 Å². The molecule has 4 heterocycles. The second-order valence-corrected chi connectivity index (χ2v) is 12.1. The number of nitrogens with two attached hydrogens (primary N) is 1. The lowest BCUT2D eigenvalue weighted by Gasteiger charge is -2.36. The zero-order valence-corrected chi connectivity index (χ0v) is 27.5. The predicted molar refractivity (Wildman–Crippen MR) is 176 cm³/mol. The van der Waals surface area contributed by atoms with E-state index in [0.29, 0.717) is 54.2 Å². The number of rotatable bonds is 10. The van der Waals surface area contributed by atoms with Crippen molar-refractivity contribution in [3.63, 3.8) is 0 Å². The molecule has 256 valence electrons. The maximum atomic E-state index is 13.4. The van der Waals surface area contributed by atoms with Crippen LogP contribution in [0.15, 0.2) is 53.6 Å². The smallest absolute Gasteiger partial charge is 0.387 e. The van der Waals surface area contributed by atoms with Crippen LogP contribution in [-0.4, -0.2) is 81.1 Å². The molecule has 2 amide bonds. The van der Waals surface area contributed by atoms with E-state index < -0.39 is 18.6 Å². The van der Waals surface area contributed by atoms with Gasteiger partial charge in [0.25, 0.3) is 5.56 Å². The van der Waals surface area contributed by atoms with Crippen LogP contribution in [0.25, 0.3) is 22.0 Å². The number of ether oxygens (including phenoxy) is 2. The summed E-state index contributed by atoms with van der Waals surface area (Å²) in [7, 11) is 1.60. The van der Waals surface area contributed by atoms with Crippen LogP contribution in [0.1, 0.15) is 25.0 Å². The zero-order valence-electron chi connectivity index (χ0n) is 26.6. The Morgan fingerprint density at radius 3 is 2.54 bits per heavy atom. The summed E-state index contributed by atoms with van der Waals surface area (Å²) in [4.78, 5) is 50.5. The van der Waals surface area contributed by atoms with Crippen molar-refractivity contribution in [1.29, 1.82) is 0 Å². The number of benzene rings is 2. The van der Waals surface area contributed by atoms with E-state index in [-0.39, 0.29) is 54.9 Å². The normalized spacial score (nSPS) is 16.6. The van der Waals surface area contributed by atoms with Crippen LogP contribution in [-0.2, 0) is 29.7 Å². The van der Waals surface area contributed by atoms with Gasteiger partial charge >= 0.3 is 18.6 Å². The minimum Gasteiger partial charge on any atom is -0.460 e. The molecule has 2 atom stereocenters. The predicted octanol–water partition coefficient (Wildman–Crippen LogP) is 3.11. The highest BCUT2D eigenvalue weighted by Crippen LogP contribution is 2.28. The molecular weight excluding hydrogens is 650 g/mol. The fourth-order valence-electron chi connectivity index (χ4n) is 5.90. The zero-order chi connectivity index (χ0) is 33.4. The van der Waals surface area contributed by atoms with Gasteiger partial charge in [-0.1, -0.05) is 26.0 Å². The molecule has 48 heavy (non-hydrogen) atoms. The number of carbonyl (C=O) groups excluding carboxylic acids is 2. The first-order chi connectivity index (χ1) is 22.5. The number of piperazine rings is 1. The van der Waals surface area contributed by atoms with Crippen molar-refractivity contribution in [2.24, 2.45) is 18.7 Å². The van der Waals surface area contributed by atoms with Crippen molar-refractivity contribution in [1.82, 2.24) is 29.5 Å². The number of anilines is 1. The number of aromatic nitrogens is 4. The Kier molecular flexibility index (Phi) is 10.2. The quantitative estimate of drug-likeness (QED) is 0.240. The summed E-state index contributed by atoms with van der Waals surface area (Å²) in [5.41, 5.74) is 8.57. The molecule has 0 radical (unpaired) electrons. The van der Waals surface area contributed by atoms with E-state index in [0.717, 1.165) is 11.1 Å². The average Bonchev–Trinajstić information content (AvgIpc) is 3.55. The van der Waals surface area contributed by atoms with E-state index in [2.05, 4.69) is 20.2 Å². The Hall–Kier alpha value is -4.76. The number of hydrogen-bond acceptors (Lipinski definition) is 9. The van der Waals surface area contributed by atoms with E-state index in [1.807, 2.05) is 17.0 Å². The summed E-state index contributed by atoms with van der Waals surface area (Å²) in [5, 5.41) is 3.31. The van der Waals surface area contributed by atoms with Crippen LogP contribution in [0.4, 0.5) is 19.5 Å². The molecule has 3 N–H and O–H groups in total. The molecule has 4 aromatic rings. The van der Waals surface area contributed by atoms with Gasteiger partial charge in [0.15, 0.2) is 0 Å². The highest BCUT2D eigenvalue weighted by molar-refractivity contribution is 5.85. The van der Waals surface area contributed by atoms with Gasteiger partial charge < -0.3 is 30.3 Å². The van der Waals surface area contributed by atoms with Crippen molar-refractivity contribution >= 4 is 41.3 Å². The number of esters is 1. The van der Waals surface area contributed by atoms with Crippen LogP contribution in [0, 0.1) is 5.92 Å². The number of hydrogen-bond donors (Lipinski definition) is 2. The molecular formula is C32H37ClF2N8O5. The molecule has 2 aromatic carbocycles. The summed E-state index contributed by atoms with van der Waals surface area (Å²) >= 11 is 0. The van der Waals surface area contributed by atoms with Gasteiger partial charge in [-0.25, -0.2) is 14.8 Å². The van der Waals surface area contributed by atoms with Crippen LogP contribution >= 0.6 is 12.4 Å². The van der Waals surface area contributed by atoms with E-state index in [9.17, 15) is 23.2 Å². The lowest BCUT2D eigenvalue weighted by molar-refractivity contribution is -0.147. The maximum absolute atomic E-state index is 13.4. The van der Waals surface area contributed by atoms with Gasteiger partial charge in [0.2, 0.25) is 5.95 Å². The molecule has 2 aliphatic rings. The Bertz CT molecular complexity index is 1870. The monoisotopic (exact) mass is 686 g/mol. The van der Waals surface area contributed by atoms with Crippen molar-refractivity contribution in [3.8, 4) is 16.9 Å². The first-order valence-corrected chi connectivity index (χ1v) is 15.3. The third kappa shape index (κ3) is 6.92. The van der Waals surface area contributed by atoms with E-state index in [1.165, 1.54) is 16.8 Å². The molecule has 2 saturated heterocycles. The van der Waals surface area contributed by atoms with Crippen molar-refractivity contribution in [3.05, 3.63) is 70.3 Å². The largest absolute Gasteiger partial charge is 0.460 e. The fraction of sp³-hybridized carbons (Fsp3) is 0.406. The van der Waals surface area contributed by atoms with Gasteiger partial charge in [0, 0.05) is 56.7 Å². The lowest BCUT2D eigenvalue weighted by Crippen LogP contribution is -2.52. The third-order valence-corrected chi connectivity index (χ3v) is 8.68. The van der Waals surface area contributed by atoms with Crippen molar-refractivity contribution in [2.75, 3.05) is 31.1 Å². The van der Waals surface area contributed by atoms with Gasteiger partial charge in [0.1, 0.15) is 18.4 Å². The number of halogens is 3. The number of alkyl halides is 2. The van der Waals surface area contributed by atoms with E-state index in [4.69, 9.17) is 15.2 Å². The standard InChI is InChI=1S/C32H36F2N8O5.ClH/c1-18(2)27(35)29(44)46-17-19-4-7-26(47-30(33)34)21(10-19)15-42-25-11-20(5-6-24(25)28(43)39(42)3)22-12-36-31(37-13-22)40-8-9-41-23(16-40)14-38-32(41)45;/h4-7,10-13,18,23,27,30H,8-9,14-17,35H2,1-3H3,(H,38,45);1H/t23-,27?;/m1./s1. The van der Waals surface area contributed by atoms with Crippen molar-refractivity contribution in [2.45, 2.75) is 45.7 Å². The minimum atomic E-state index is -3.07. The van der Waals surface area contributed by atoms with Gasteiger partial charge in [-0.3, -0.25) is 19.0 Å². The number of urea groups is 1. The number of carbonyl (C=O) groups is 2. The van der Waals surface area contributed by atoms with Gasteiger partial charge in [-0.15, -0.1) is 12.4 Å². The summed E-state index contributed by atoms with van der Waals surface area (Å²) < 4.78 is 40.0. The second-order valence-electron chi connectivity index (χ2n) is 12.1. The number of nitrogens with one attached hydrogen (secondary N) is 1. The molecule has 0 spiro atoms. The molecule has 13 nitrogen and oxygen atoms in total. The molecule has 2 fully saturated rings. The third-order valence-electron chi connectivity index (χ3n) is 8.68. The van der Waals surface area contributed by atoms with Crippen molar-refractivity contribution < 1.29 is 27.8 Å². The molecule has 1 unspecified atom stereocenters. The van der Waals surface area contributed by atoms with Crippen LogP contribution in [0.3, 0.4) is 0 Å². The number of nitrogens with zero attached hydrogens (tertiary/aromatic N) is 6. The highest BCUT2D eigenvalue weighted by Gasteiger charge is 2.36. The highest BCUT2D eigenvalue weighted by atomic mass is 35.5. The second kappa shape index (κ2) is 14.2. The summed E-state index contributed by atoms with van der Waals surface area (Å²) in [6, 6.07) is 9.12. The first-order valence-electron chi connectivity index (χ1n) is 15.3. The average molecular weight is 687 g/mol. The molecule has 0 aliphatic carbocycles. The van der Waals surface area contributed by atoms with Crippen LogP contribution in [0.2, 0.25) is 0 Å². The topological polar surface area (TPSA) is 150 Å². The number of fused-ring (bicyclic) bond motifs is 2. The Morgan fingerprint density at radius 1 is 1.08 bits per heavy atom. The SMILES string of the molecule is CC(C)C(N)C(=O)OCc1ccc(OC(F)F)c(Cn2c3cc(-c4cnc(N5CCN6C(=O)NC[C@@H]6C5)nc4)ccc3c(=O)n2C)c1.Cl. The molecule has 6 rings (SSSR count). The Balaban J connectivity index is 0.00000451. The summed E-state index contributed by atoms with van der Waals surface area (Å²) in [6.45, 7) is 2.88. The van der Waals surface area contributed by atoms with Crippen LogP contribution in [0.5, 0.6) is 5.75 Å². The molecule has 16 heteroatoms. The van der Waals surface area contributed by atoms with Crippen LogP contribution < -0.4 is 26.2 Å². The molecule has 2 aliphatic heterocycles.